The van der Waals surface area contributed by atoms with Crippen LogP contribution in [-0.2, 0) is 16.1 Å². The number of para-hydroxylation sites is 2. The Morgan fingerprint density at radius 3 is 2.56 bits per heavy atom. The highest BCUT2D eigenvalue weighted by atomic mass is 16.5. The number of hydrogen-bond donors (Lipinski definition) is 0. The van der Waals surface area contributed by atoms with Crippen LogP contribution in [0.4, 0.5) is 0 Å². The summed E-state index contributed by atoms with van der Waals surface area (Å²) in [6.45, 7) is 5.61. The van der Waals surface area contributed by atoms with Crippen LogP contribution in [0, 0.1) is 6.92 Å². The van der Waals surface area contributed by atoms with E-state index < -0.39 is 0 Å². The van der Waals surface area contributed by atoms with Crippen LogP contribution in [0.25, 0.3) is 44.4 Å². The summed E-state index contributed by atoms with van der Waals surface area (Å²) in [5.41, 5.74) is 3.24. The van der Waals surface area contributed by atoms with E-state index in [-0.39, 0.29) is 30.0 Å². The third-order valence-electron chi connectivity index (χ3n) is 6.95. The molecular weight excluding hydrogens is 520 g/mol. The molecule has 3 aromatic carbocycles. The minimum atomic E-state index is -0.337. The fourth-order valence-electron chi connectivity index (χ4n) is 5.08. The molecule has 0 radical (unpaired) electrons. The monoisotopic (exact) mass is 548 g/mol. The summed E-state index contributed by atoms with van der Waals surface area (Å²) in [5.74, 6) is 0.949. The SMILES string of the molecule is COc1cccc2oc(-c3nc4ccccc4c(=O)n3N=Cc3c(C)n(CC(=O)OC(C)C)c4ccccc34)cc12. The molecule has 3 aromatic heterocycles. The van der Waals surface area contributed by atoms with Crippen molar-refractivity contribution in [2.24, 2.45) is 5.10 Å². The molecule has 0 amide bonds. The van der Waals surface area contributed by atoms with Gasteiger partial charge in [-0.2, -0.15) is 9.78 Å². The van der Waals surface area contributed by atoms with Crippen LogP contribution in [0.5, 0.6) is 5.75 Å². The number of benzene rings is 3. The number of methoxy groups -OCH3 is 1. The van der Waals surface area contributed by atoms with Crippen LogP contribution >= 0.6 is 0 Å². The van der Waals surface area contributed by atoms with Crippen LogP contribution in [0.3, 0.4) is 0 Å². The molecule has 0 aliphatic heterocycles. The quantitative estimate of drug-likeness (QED) is 0.181. The average molecular weight is 549 g/mol. The van der Waals surface area contributed by atoms with E-state index in [2.05, 4.69) is 5.10 Å². The molecular formula is C32H28N4O5. The second kappa shape index (κ2) is 10.4. The minimum absolute atomic E-state index is 0.0575. The van der Waals surface area contributed by atoms with Crippen LogP contribution in [0.15, 0.2) is 87.1 Å². The first-order chi connectivity index (χ1) is 19.9. The van der Waals surface area contributed by atoms with Gasteiger partial charge in [-0.1, -0.05) is 36.4 Å². The fourth-order valence-corrected chi connectivity index (χ4v) is 5.08. The molecule has 0 atom stereocenters. The fraction of sp³-hybridized carbons (Fsp3) is 0.188. The molecule has 0 aliphatic rings. The number of nitrogens with zero attached hydrogens (tertiary/aromatic N) is 4. The van der Waals surface area contributed by atoms with Crippen molar-refractivity contribution in [3.8, 4) is 17.3 Å². The van der Waals surface area contributed by atoms with E-state index in [1.807, 2.05) is 73.9 Å². The average Bonchev–Trinajstić information content (AvgIpc) is 3.51. The van der Waals surface area contributed by atoms with Crippen LogP contribution in [0.1, 0.15) is 25.1 Å². The minimum Gasteiger partial charge on any atom is -0.496 e. The second-order valence-corrected chi connectivity index (χ2v) is 9.94. The van der Waals surface area contributed by atoms with Crippen molar-refractivity contribution in [1.82, 2.24) is 14.2 Å². The predicted molar refractivity (Wildman–Crippen MR) is 159 cm³/mol. The van der Waals surface area contributed by atoms with Gasteiger partial charge in [-0.25, -0.2) is 4.98 Å². The molecule has 0 spiro atoms. The molecule has 3 heterocycles. The highest BCUT2D eigenvalue weighted by molar-refractivity contribution is 6.01. The van der Waals surface area contributed by atoms with Gasteiger partial charge in [-0.15, -0.1) is 0 Å². The zero-order valence-corrected chi connectivity index (χ0v) is 23.1. The van der Waals surface area contributed by atoms with E-state index in [9.17, 15) is 9.59 Å². The van der Waals surface area contributed by atoms with Crippen LogP contribution < -0.4 is 10.3 Å². The summed E-state index contributed by atoms with van der Waals surface area (Å²) < 4.78 is 20.2. The Morgan fingerprint density at radius 2 is 1.78 bits per heavy atom. The van der Waals surface area contributed by atoms with Crippen molar-refractivity contribution >= 4 is 45.0 Å². The predicted octanol–water partition coefficient (Wildman–Crippen LogP) is 5.92. The maximum absolute atomic E-state index is 13.8. The zero-order chi connectivity index (χ0) is 28.7. The van der Waals surface area contributed by atoms with E-state index in [1.165, 1.54) is 4.68 Å². The molecule has 0 saturated heterocycles. The first-order valence-electron chi connectivity index (χ1n) is 13.3. The van der Waals surface area contributed by atoms with Crippen LogP contribution in [-0.4, -0.2) is 39.6 Å². The van der Waals surface area contributed by atoms with Crippen molar-refractivity contribution in [3.05, 3.63) is 94.4 Å². The first-order valence-corrected chi connectivity index (χ1v) is 13.3. The van der Waals surface area contributed by atoms with Gasteiger partial charge in [0.05, 0.1) is 35.7 Å². The number of aromatic nitrogens is 3. The molecule has 6 rings (SSSR count). The summed E-state index contributed by atoms with van der Waals surface area (Å²) in [4.78, 5) is 31.1. The zero-order valence-electron chi connectivity index (χ0n) is 23.1. The first kappa shape index (κ1) is 26.1. The summed E-state index contributed by atoms with van der Waals surface area (Å²) >= 11 is 0. The van der Waals surface area contributed by atoms with E-state index >= 15 is 0 Å². The van der Waals surface area contributed by atoms with Gasteiger partial charge < -0.3 is 18.5 Å². The number of furan rings is 1. The molecule has 0 saturated carbocycles. The standard InChI is InChI=1S/C32H28N4O5/c1-19(2)40-30(37)18-35-20(3)24(21-10-6-8-13-26(21)35)17-33-36-31(34-25-12-7-5-11-22(25)32(36)38)29-16-23-27(39-4)14-9-15-28(23)41-29/h5-17,19H,18H2,1-4H3. The van der Waals surface area contributed by atoms with Gasteiger partial charge in [0.15, 0.2) is 5.76 Å². The van der Waals surface area contributed by atoms with Gasteiger partial charge in [-0.3, -0.25) is 9.59 Å². The van der Waals surface area contributed by atoms with Gasteiger partial charge in [0.1, 0.15) is 17.9 Å². The highest BCUT2D eigenvalue weighted by Gasteiger charge is 2.19. The van der Waals surface area contributed by atoms with Crippen molar-refractivity contribution in [3.63, 3.8) is 0 Å². The van der Waals surface area contributed by atoms with Crippen molar-refractivity contribution in [1.29, 1.82) is 0 Å². The van der Waals surface area contributed by atoms with Crippen molar-refractivity contribution < 1.29 is 18.7 Å². The third-order valence-corrected chi connectivity index (χ3v) is 6.95. The Morgan fingerprint density at radius 1 is 1.02 bits per heavy atom. The summed E-state index contributed by atoms with van der Waals surface area (Å²) in [5, 5.41) is 6.74. The Bertz CT molecular complexity index is 2030. The van der Waals surface area contributed by atoms with Gasteiger partial charge >= 0.3 is 5.97 Å². The lowest BCUT2D eigenvalue weighted by atomic mass is 10.1. The second-order valence-electron chi connectivity index (χ2n) is 9.94. The van der Waals surface area contributed by atoms with Gasteiger partial charge in [0.25, 0.3) is 5.56 Å². The Kier molecular flexibility index (Phi) is 6.62. The number of esters is 1. The molecule has 0 bridgehead atoms. The van der Waals surface area contributed by atoms with E-state index in [1.54, 1.807) is 37.6 Å². The van der Waals surface area contributed by atoms with E-state index in [0.717, 1.165) is 27.5 Å². The van der Waals surface area contributed by atoms with Gasteiger partial charge in [-0.05, 0) is 57.2 Å². The largest absolute Gasteiger partial charge is 0.496 e. The Balaban J connectivity index is 1.53. The topological polar surface area (TPSA) is 101 Å². The number of hydrogen-bond acceptors (Lipinski definition) is 7. The number of rotatable bonds is 7. The molecule has 9 heteroatoms. The normalized spacial score (nSPS) is 11.8. The maximum atomic E-state index is 13.8. The van der Waals surface area contributed by atoms with E-state index in [0.29, 0.717) is 28.0 Å². The molecule has 206 valence electrons. The van der Waals surface area contributed by atoms with Crippen LogP contribution in [0.2, 0.25) is 0 Å². The molecule has 41 heavy (non-hydrogen) atoms. The summed E-state index contributed by atoms with van der Waals surface area (Å²) in [6, 6.07) is 22.2. The lowest BCUT2D eigenvalue weighted by molar-refractivity contribution is -0.148. The smallest absolute Gasteiger partial charge is 0.326 e. The number of ether oxygens (including phenoxy) is 2. The maximum Gasteiger partial charge on any atom is 0.326 e. The highest BCUT2D eigenvalue weighted by Crippen LogP contribution is 2.33. The molecule has 0 N–H and O–H groups in total. The number of fused-ring (bicyclic) bond motifs is 3. The lowest BCUT2D eigenvalue weighted by Crippen LogP contribution is -2.20. The lowest BCUT2D eigenvalue weighted by Gasteiger charge is -2.11. The molecule has 9 nitrogen and oxygen atoms in total. The number of carbonyl (C=O) groups is 1. The Hall–Kier alpha value is -5.18. The van der Waals surface area contributed by atoms with Crippen molar-refractivity contribution in [2.75, 3.05) is 7.11 Å². The summed E-state index contributed by atoms with van der Waals surface area (Å²) in [6.07, 6.45) is 1.42. The molecule has 6 aromatic rings. The van der Waals surface area contributed by atoms with Crippen molar-refractivity contribution in [2.45, 2.75) is 33.4 Å². The van der Waals surface area contributed by atoms with Gasteiger partial charge in [0.2, 0.25) is 5.82 Å². The molecule has 0 fully saturated rings. The molecule has 0 aliphatic carbocycles. The molecule has 0 unspecified atom stereocenters. The van der Waals surface area contributed by atoms with Gasteiger partial charge in [0, 0.05) is 22.2 Å². The third kappa shape index (κ3) is 4.65. The van der Waals surface area contributed by atoms with E-state index in [4.69, 9.17) is 18.9 Å². The Labute approximate surface area is 235 Å². The number of carbonyl (C=O) groups excluding carboxylic acids is 1. The summed E-state index contributed by atoms with van der Waals surface area (Å²) in [7, 11) is 1.59.